The van der Waals surface area contributed by atoms with Gasteiger partial charge in [-0.25, -0.2) is 0 Å². The fourth-order valence-electron chi connectivity index (χ4n) is 1.45. The molecule has 0 heterocycles. The number of amides is 1. The van der Waals surface area contributed by atoms with Gasteiger partial charge >= 0.3 is 0 Å². The third-order valence-corrected chi connectivity index (χ3v) is 2.28. The van der Waals surface area contributed by atoms with Gasteiger partial charge in [0.25, 0.3) is 0 Å². The third-order valence-electron chi connectivity index (χ3n) is 2.28. The monoisotopic (exact) mass is 232 g/mol. The van der Waals surface area contributed by atoms with E-state index in [0.717, 1.165) is 5.56 Å². The Morgan fingerprint density at radius 2 is 2.00 bits per heavy atom. The van der Waals surface area contributed by atoms with E-state index in [-0.39, 0.29) is 17.7 Å². The van der Waals surface area contributed by atoms with Gasteiger partial charge in [-0.15, -0.1) is 0 Å². The van der Waals surface area contributed by atoms with Gasteiger partial charge in [0, 0.05) is 6.04 Å². The Labute approximate surface area is 101 Å². The molecule has 0 radical (unpaired) electrons. The van der Waals surface area contributed by atoms with Gasteiger partial charge in [0.2, 0.25) is 5.91 Å². The minimum Gasteiger partial charge on any atom is -0.508 e. The van der Waals surface area contributed by atoms with Crippen molar-refractivity contribution in [2.75, 3.05) is 0 Å². The summed E-state index contributed by atoms with van der Waals surface area (Å²) in [6.07, 6.45) is 0.356. The number of aromatic hydroxyl groups is 1. The molecule has 0 aliphatic rings. The highest BCUT2D eigenvalue weighted by atomic mass is 16.3. The summed E-state index contributed by atoms with van der Waals surface area (Å²) in [6, 6.07) is 8.53. The van der Waals surface area contributed by atoms with Crippen LogP contribution in [-0.4, -0.2) is 17.1 Å². The predicted octanol–water partition coefficient (Wildman–Crippen LogP) is 1.60. The minimum atomic E-state index is -0.693. The van der Waals surface area contributed by atoms with E-state index in [2.05, 4.69) is 5.32 Å². The maximum Gasteiger partial charge on any atom is 0.237 e. The topological polar surface area (TPSA) is 73.1 Å². The molecule has 17 heavy (non-hydrogen) atoms. The molecular formula is C13H16N2O2. The van der Waals surface area contributed by atoms with Crippen LogP contribution in [0.1, 0.15) is 19.4 Å². The fourth-order valence-corrected chi connectivity index (χ4v) is 1.45. The van der Waals surface area contributed by atoms with Crippen molar-refractivity contribution in [1.82, 2.24) is 5.32 Å². The molecule has 1 atom stereocenters. The highest BCUT2D eigenvalue weighted by Crippen LogP contribution is 2.13. The molecule has 4 nitrogen and oxygen atoms in total. The van der Waals surface area contributed by atoms with E-state index >= 15 is 0 Å². The molecule has 2 N–H and O–H groups in total. The van der Waals surface area contributed by atoms with Crippen molar-refractivity contribution in [3.63, 3.8) is 0 Å². The average Bonchev–Trinajstić information content (AvgIpc) is 2.27. The van der Waals surface area contributed by atoms with Gasteiger partial charge in [-0.1, -0.05) is 12.1 Å². The van der Waals surface area contributed by atoms with Gasteiger partial charge in [-0.05, 0) is 38.0 Å². The molecular weight excluding hydrogens is 216 g/mol. The first-order valence-electron chi connectivity index (χ1n) is 5.51. The molecule has 1 amide bonds. The molecule has 0 saturated carbocycles. The summed E-state index contributed by atoms with van der Waals surface area (Å²) in [5.74, 6) is -0.772. The Hall–Kier alpha value is -2.02. The Kier molecular flexibility index (Phi) is 4.53. The summed E-state index contributed by atoms with van der Waals surface area (Å²) >= 11 is 0. The van der Waals surface area contributed by atoms with Crippen LogP contribution in [0.5, 0.6) is 5.75 Å². The molecule has 1 rings (SSSR count). The smallest absolute Gasteiger partial charge is 0.237 e. The van der Waals surface area contributed by atoms with Crippen LogP contribution < -0.4 is 5.32 Å². The van der Waals surface area contributed by atoms with Crippen LogP contribution in [-0.2, 0) is 11.2 Å². The molecule has 0 aliphatic heterocycles. The molecule has 4 heteroatoms. The van der Waals surface area contributed by atoms with Crippen molar-refractivity contribution in [1.29, 1.82) is 5.26 Å². The molecule has 0 aliphatic carbocycles. The second-order valence-electron chi connectivity index (χ2n) is 4.22. The van der Waals surface area contributed by atoms with Gasteiger partial charge < -0.3 is 10.4 Å². The van der Waals surface area contributed by atoms with E-state index in [1.807, 2.05) is 19.9 Å². The van der Waals surface area contributed by atoms with Crippen molar-refractivity contribution >= 4 is 5.91 Å². The number of benzene rings is 1. The molecule has 0 fully saturated rings. The van der Waals surface area contributed by atoms with Crippen molar-refractivity contribution in [2.24, 2.45) is 5.92 Å². The van der Waals surface area contributed by atoms with Crippen molar-refractivity contribution in [2.45, 2.75) is 26.3 Å². The SMILES string of the molecule is CC(C)NC(=O)C(C#N)Cc1ccc(O)cc1. The maximum absolute atomic E-state index is 11.7. The molecule has 0 saturated heterocycles. The first-order valence-corrected chi connectivity index (χ1v) is 5.51. The van der Waals surface area contributed by atoms with Crippen LogP contribution in [0.15, 0.2) is 24.3 Å². The standard InChI is InChI=1S/C13H16N2O2/c1-9(2)15-13(17)11(8-14)7-10-3-5-12(16)6-4-10/h3-6,9,11,16H,7H2,1-2H3,(H,15,17). The lowest BCUT2D eigenvalue weighted by atomic mass is 9.99. The molecule has 0 aromatic heterocycles. The lowest BCUT2D eigenvalue weighted by Gasteiger charge is -2.12. The Bertz CT molecular complexity index is 418. The molecule has 0 spiro atoms. The molecule has 1 unspecified atom stereocenters. The molecule has 1 aromatic carbocycles. The van der Waals surface area contributed by atoms with Crippen molar-refractivity contribution < 1.29 is 9.90 Å². The summed E-state index contributed by atoms with van der Waals surface area (Å²) in [6.45, 7) is 3.71. The van der Waals surface area contributed by atoms with Crippen LogP contribution in [0.25, 0.3) is 0 Å². The van der Waals surface area contributed by atoms with Gasteiger partial charge in [0.1, 0.15) is 11.7 Å². The minimum absolute atomic E-state index is 0.0261. The highest BCUT2D eigenvalue weighted by molar-refractivity contribution is 5.81. The summed E-state index contributed by atoms with van der Waals surface area (Å²) in [7, 11) is 0. The number of nitriles is 1. The maximum atomic E-state index is 11.7. The number of hydrogen-bond donors (Lipinski definition) is 2. The number of phenolic OH excluding ortho intramolecular Hbond substituents is 1. The van der Waals surface area contributed by atoms with Crippen molar-refractivity contribution in [3.05, 3.63) is 29.8 Å². The van der Waals surface area contributed by atoms with E-state index in [4.69, 9.17) is 10.4 Å². The number of hydrogen-bond acceptors (Lipinski definition) is 3. The van der Waals surface area contributed by atoms with E-state index < -0.39 is 5.92 Å². The molecule has 90 valence electrons. The van der Waals surface area contributed by atoms with Crippen molar-refractivity contribution in [3.8, 4) is 11.8 Å². The normalized spacial score (nSPS) is 11.9. The van der Waals surface area contributed by atoms with Crippen LogP contribution in [0.4, 0.5) is 0 Å². The number of carbonyl (C=O) groups is 1. The van der Waals surface area contributed by atoms with Crippen LogP contribution >= 0.6 is 0 Å². The highest BCUT2D eigenvalue weighted by Gasteiger charge is 2.18. The summed E-state index contributed by atoms with van der Waals surface area (Å²) in [5.41, 5.74) is 0.855. The molecule has 0 bridgehead atoms. The quantitative estimate of drug-likeness (QED) is 0.828. The third kappa shape index (κ3) is 4.15. The first-order chi connectivity index (χ1) is 8.02. The summed E-state index contributed by atoms with van der Waals surface area (Å²) in [5, 5.41) is 20.8. The number of rotatable bonds is 4. The second kappa shape index (κ2) is 5.90. The van der Waals surface area contributed by atoms with Gasteiger partial charge in [0.05, 0.1) is 6.07 Å². The Balaban J connectivity index is 2.67. The van der Waals surface area contributed by atoms with E-state index in [0.29, 0.717) is 6.42 Å². The number of carbonyl (C=O) groups excluding carboxylic acids is 1. The summed E-state index contributed by atoms with van der Waals surface area (Å²) < 4.78 is 0. The van der Waals surface area contributed by atoms with Gasteiger partial charge in [-0.2, -0.15) is 5.26 Å². The second-order valence-corrected chi connectivity index (χ2v) is 4.22. The zero-order chi connectivity index (χ0) is 12.8. The first kappa shape index (κ1) is 13.0. The van der Waals surface area contributed by atoms with Crippen LogP contribution in [0.2, 0.25) is 0 Å². The van der Waals surface area contributed by atoms with Crippen LogP contribution in [0.3, 0.4) is 0 Å². The van der Waals surface area contributed by atoms with Gasteiger partial charge in [0.15, 0.2) is 0 Å². The van der Waals surface area contributed by atoms with Gasteiger partial charge in [-0.3, -0.25) is 4.79 Å². The van der Waals surface area contributed by atoms with E-state index in [1.54, 1.807) is 24.3 Å². The van der Waals surface area contributed by atoms with E-state index in [1.165, 1.54) is 0 Å². The lowest BCUT2D eigenvalue weighted by Crippen LogP contribution is -2.35. The number of phenols is 1. The zero-order valence-corrected chi connectivity index (χ0v) is 9.97. The van der Waals surface area contributed by atoms with Crippen LogP contribution in [0, 0.1) is 17.2 Å². The number of nitrogens with one attached hydrogen (secondary N) is 1. The Morgan fingerprint density at radius 3 is 2.47 bits per heavy atom. The zero-order valence-electron chi connectivity index (χ0n) is 9.97. The largest absolute Gasteiger partial charge is 0.508 e. The fraction of sp³-hybridized carbons (Fsp3) is 0.385. The average molecular weight is 232 g/mol. The predicted molar refractivity (Wildman–Crippen MR) is 64.2 cm³/mol. The lowest BCUT2D eigenvalue weighted by molar-refractivity contribution is -0.123. The number of nitrogens with zero attached hydrogens (tertiary/aromatic N) is 1. The summed E-state index contributed by atoms with van der Waals surface area (Å²) in [4.78, 5) is 11.7. The Morgan fingerprint density at radius 1 is 1.41 bits per heavy atom. The molecule has 1 aromatic rings. The van der Waals surface area contributed by atoms with E-state index in [9.17, 15) is 4.79 Å².